The lowest BCUT2D eigenvalue weighted by molar-refractivity contribution is 0.0158. The van der Waals surface area contributed by atoms with Crippen LogP contribution in [0.25, 0.3) is 0 Å². The van der Waals surface area contributed by atoms with Gasteiger partial charge in [-0.1, -0.05) is 13.8 Å². The van der Waals surface area contributed by atoms with E-state index >= 15 is 0 Å². The lowest BCUT2D eigenvalue weighted by atomic mass is 9.74. The van der Waals surface area contributed by atoms with E-state index in [9.17, 15) is 5.11 Å². The largest absolute Gasteiger partial charge is 0.393 e. The summed E-state index contributed by atoms with van der Waals surface area (Å²) >= 11 is 0. The second kappa shape index (κ2) is 6.58. The van der Waals surface area contributed by atoms with Gasteiger partial charge in [0.25, 0.3) is 0 Å². The van der Waals surface area contributed by atoms with Crippen LogP contribution in [0.4, 0.5) is 0 Å². The molecule has 1 fully saturated rings. The lowest BCUT2D eigenvalue weighted by Gasteiger charge is -2.41. The SMILES string of the molecule is CCC1C(O)CCC(C)C1N[C@@H](C)COC. The molecule has 0 amide bonds. The van der Waals surface area contributed by atoms with Crippen LogP contribution in [0.5, 0.6) is 0 Å². The summed E-state index contributed by atoms with van der Waals surface area (Å²) in [6, 6.07) is 0.788. The van der Waals surface area contributed by atoms with E-state index in [0.717, 1.165) is 25.9 Å². The number of methoxy groups -OCH3 is 1. The summed E-state index contributed by atoms with van der Waals surface area (Å²) in [7, 11) is 1.73. The third kappa shape index (κ3) is 3.44. The monoisotopic (exact) mass is 229 g/mol. The fourth-order valence-electron chi connectivity index (χ4n) is 2.93. The Kier molecular flexibility index (Phi) is 5.73. The average Bonchev–Trinajstić information content (AvgIpc) is 2.24. The number of hydrogen-bond acceptors (Lipinski definition) is 3. The Hall–Kier alpha value is -0.120. The summed E-state index contributed by atoms with van der Waals surface area (Å²) in [5, 5.41) is 13.6. The quantitative estimate of drug-likeness (QED) is 0.755. The van der Waals surface area contributed by atoms with E-state index in [1.54, 1.807) is 7.11 Å². The van der Waals surface area contributed by atoms with Crippen LogP contribution in [0.2, 0.25) is 0 Å². The number of aliphatic hydroxyl groups excluding tert-OH is 1. The van der Waals surface area contributed by atoms with Crippen molar-refractivity contribution >= 4 is 0 Å². The maximum absolute atomic E-state index is 10.0. The molecule has 0 bridgehead atoms. The van der Waals surface area contributed by atoms with Crippen LogP contribution in [-0.2, 0) is 4.74 Å². The van der Waals surface area contributed by atoms with Crippen LogP contribution >= 0.6 is 0 Å². The third-order valence-electron chi connectivity index (χ3n) is 3.85. The van der Waals surface area contributed by atoms with Gasteiger partial charge in [-0.25, -0.2) is 0 Å². The Morgan fingerprint density at radius 3 is 2.69 bits per heavy atom. The molecule has 0 aliphatic heterocycles. The predicted octanol–water partition coefficient (Wildman–Crippen LogP) is 1.80. The zero-order valence-corrected chi connectivity index (χ0v) is 11.1. The molecular weight excluding hydrogens is 202 g/mol. The molecule has 0 spiro atoms. The highest BCUT2D eigenvalue weighted by Crippen LogP contribution is 2.31. The highest BCUT2D eigenvalue weighted by atomic mass is 16.5. The molecule has 0 radical (unpaired) electrons. The number of aliphatic hydroxyl groups is 1. The molecule has 0 heterocycles. The van der Waals surface area contributed by atoms with Crippen LogP contribution in [0.3, 0.4) is 0 Å². The Morgan fingerprint density at radius 1 is 1.44 bits per heavy atom. The van der Waals surface area contributed by atoms with Gasteiger partial charge < -0.3 is 15.2 Å². The first-order valence-corrected chi connectivity index (χ1v) is 6.53. The van der Waals surface area contributed by atoms with Crippen molar-refractivity contribution in [1.29, 1.82) is 0 Å². The van der Waals surface area contributed by atoms with E-state index < -0.39 is 0 Å². The van der Waals surface area contributed by atoms with Crippen LogP contribution in [0.15, 0.2) is 0 Å². The Labute approximate surface area is 99.6 Å². The Balaban J connectivity index is 2.57. The average molecular weight is 229 g/mol. The van der Waals surface area contributed by atoms with E-state index in [1.165, 1.54) is 0 Å². The molecule has 16 heavy (non-hydrogen) atoms. The number of hydrogen-bond donors (Lipinski definition) is 2. The molecule has 0 aromatic heterocycles. The molecule has 0 aromatic carbocycles. The summed E-state index contributed by atoms with van der Waals surface area (Å²) in [5.41, 5.74) is 0. The Morgan fingerprint density at radius 2 is 2.12 bits per heavy atom. The minimum atomic E-state index is -0.131. The molecule has 0 aromatic rings. The topological polar surface area (TPSA) is 41.5 Å². The molecule has 1 aliphatic rings. The molecule has 3 heteroatoms. The van der Waals surface area contributed by atoms with Gasteiger partial charge in [-0.3, -0.25) is 0 Å². The molecule has 2 N–H and O–H groups in total. The summed E-state index contributed by atoms with van der Waals surface area (Å²) in [6.07, 6.45) is 2.99. The van der Waals surface area contributed by atoms with Crippen molar-refractivity contribution in [3.8, 4) is 0 Å². The predicted molar refractivity (Wildman–Crippen MR) is 66.4 cm³/mol. The summed E-state index contributed by atoms with van der Waals surface area (Å²) in [6.45, 7) is 7.33. The van der Waals surface area contributed by atoms with Crippen LogP contribution in [0.1, 0.15) is 40.0 Å². The summed E-state index contributed by atoms with van der Waals surface area (Å²) < 4.78 is 5.15. The number of nitrogens with one attached hydrogen (secondary N) is 1. The van der Waals surface area contributed by atoms with Gasteiger partial charge >= 0.3 is 0 Å². The first-order valence-electron chi connectivity index (χ1n) is 6.53. The molecule has 1 aliphatic carbocycles. The van der Waals surface area contributed by atoms with Crippen molar-refractivity contribution in [2.75, 3.05) is 13.7 Å². The normalized spacial score (nSPS) is 37.3. The van der Waals surface area contributed by atoms with Gasteiger partial charge in [0.1, 0.15) is 0 Å². The zero-order chi connectivity index (χ0) is 12.1. The van der Waals surface area contributed by atoms with Gasteiger partial charge in [0.15, 0.2) is 0 Å². The zero-order valence-electron chi connectivity index (χ0n) is 11.1. The van der Waals surface area contributed by atoms with Gasteiger partial charge in [0, 0.05) is 25.1 Å². The van der Waals surface area contributed by atoms with Crippen LogP contribution in [-0.4, -0.2) is 37.0 Å². The third-order valence-corrected chi connectivity index (χ3v) is 3.85. The van der Waals surface area contributed by atoms with E-state index in [4.69, 9.17) is 4.74 Å². The van der Waals surface area contributed by atoms with E-state index in [1.807, 2.05) is 0 Å². The highest BCUT2D eigenvalue weighted by molar-refractivity contribution is 4.91. The lowest BCUT2D eigenvalue weighted by Crippen LogP contribution is -2.52. The number of ether oxygens (including phenoxy) is 1. The molecule has 1 saturated carbocycles. The van der Waals surface area contributed by atoms with E-state index in [-0.39, 0.29) is 6.10 Å². The van der Waals surface area contributed by atoms with Gasteiger partial charge in [0.05, 0.1) is 12.7 Å². The molecule has 4 unspecified atom stereocenters. The fourth-order valence-corrected chi connectivity index (χ4v) is 2.93. The van der Waals surface area contributed by atoms with Crippen LogP contribution < -0.4 is 5.32 Å². The first kappa shape index (κ1) is 13.9. The molecule has 96 valence electrons. The molecule has 1 rings (SSSR count). The molecular formula is C13H27NO2. The standard InChI is InChI=1S/C13H27NO2/c1-5-11-12(15)7-6-9(2)13(11)14-10(3)8-16-4/h9-15H,5-8H2,1-4H3/t9?,10-,11?,12?,13?/m0/s1. The van der Waals surface area contributed by atoms with Crippen molar-refractivity contribution in [2.45, 2.75) is 58.2 Å². The molecule has 3 nitrogen and oxygen atoms in total. The minimum absolute atomic E-state index is 0.131. The van der Waals surface area contributed by atoms with Gasteiger partial charge in [-0.15, -0.1) is 0 Å². The van der Waals surface area contributed by atoms with Crippen molar-refractivity contribution < 1.29 is 9.84 Å². The molecule has 5 atom stereocenters. The summed E-state index contributed by atoms with van der Waals surface area (Å²) in [5.74, 6) is 1.04. The summed E-state index contributed by atoms with van der Waals surface area (Å²) in [4.78, 5) is 0. The second-order valence-electron chi connectivity index (χ2n) is 5.24. The number of rotatable bonds is 5. The maximum atomic E-state index is 10.0. The van der Waals surface area contributed by atoms with Crippen molar-refractivity contribution in [3.63, 3.8) is 0 Å². The maximum Gasteiger partial charge on any atom is 0.0613 e. The van der Waals surface area contributed by atoms with E-state index in [0.29, 0.717) is 23.9 Å². The highest BCUT2D eigenvalue weighted by Gasteiger charge is 2.35. The van der Waals surface area contributed by atoms with Crippen molar-refractivity contribution in [1.82, 2.24) is 5.32 Å². The van der Waals surface area contributed by atoms with Crippen LogP contribution in [0, 0.1) is 11.8 Å². The molecule has 0 saturated heterocycles. The fraction of sp³-hybridized carbons (Fsp3) is 1.00. The van der Waals surface area contributed by atoms with Crippen molar-refractivity contribution in [2.24, 2.45) is 11.8 Å². The first-order chi connectivity index (χ1) is 7.60. The second-order valence-corrected chi connectivity index (χ2v) is 5.24. The van der Waals surface area contributed by atoms with Crippen molar-refractivity contribution in [3.05, 3.63) is 0 Å². The van der Waals surface area contributed by atoms with Gasteiger partial charge in [-0.2, -0.15) is 0 Å². The Bertz CT molecular complexity index is 198. The minimum Gasteiger partial charge on any atom is -0.393 e. The smallest absolute Gasteiger partial charge is 0.0613 e. The van der Waals surface area contributed by atoms with Gasteiger partial charge in [-0.05, 0) is 32.1 Å². The van der Waals surface area contributed by atoms with Gasteiger partial charge in [0.2, 0.25) is 0 Å². The van der Waals surface area contributed by atoms with E-state index in [2.05, 4.69) is 26.1 Å².